The molecule has 0 saturated carbocycles. The maximum atomic E-state index is 13.1. The SMILES string of the molecule is CC.CCCCCCCCC(CCCC)C(=O)OCCCCCCCN(CCCCCCOC(=O)C(CCCCCC)CCCCCCCC)CCCN1C=CCN=C1C. The van der Waals surface area contributed by atoms with Gasteiger partial charge in [0.05, 0.1) is 31.6 Å². The van der Waals surface area contributed by atoms with Gasteiger partial charge in [0.1, 0.15) is 5.84 Å². The van der Waals surface area contributed by atoms with E-state index in [0.717, 1.165) is 128 Å². The molecule has 0 fully saturated rings. The molecule has 0 radical (unpaired) electrons. The van der Waals surface area contributed by atoms with Gasteiger partial charge >= 0.3 is 11.9 Å². The first-order valence-corrected chi connectivity index (χ1v) is 26.5. The van der Waals surface area contributed by atoms with Gasteiger partial charge in [0.15, 0.2) is 0 Å². The molecule has 0 bridgehead atoms. The van der Waals surface area contributed by atoms with Crippen LogP contribution in [0.25, 0.3) is 0 Å². The van der Waals surface area contributed by atoms with Crippen LogP contribution in [0.2, 0.25) is 0 Å². The van der Waals surface area contributed by atoms with Gasteiger partial charge < -0.3 is 19.3 Å². The molecule has 0 spiro atoms. The van der Waals surface area contributed by atoms with E-state index in [1.807, 2.05) is 13.8 Å². The summed E-state index contributed by atoms with van der Waals surface area (Å²) in [7, 11) is 0. The molecule has 0 N–H and O–H groups in total. The van der Waals surface area contributed by atoms with Crippen molar-refractivity contribution in [3.63, 3.8) is 0 Å². The van der Waals surface area contributed by atoms with Gasteiger partial charge in [0.2, 0.25) is 0 Å². The van der Waals surface area contributed by atoms with Crippen LogP contribution in [0.15, 0.2) is 17.3 Å². The third-order valence-corrected chi connectivity index (χ3v) is 12.3. The van der Waals surface area contributed by atoms with Crippen LogP contribution in [0.5, 0.6) is 0 Å². The zero-order valence-electron chi connectivity index (χ0n) is 41.4. The Morgan fingerprint density at radius 1 is 0.533 bits per heavy atom. The fourth-order valence-electron chi connectivity index (χ4n) is 8.30. The van der Waals surface area contributed by atoms with Gasteiger partial charge in [-0.15, -0.1) is 0 Å². The van der Waals surface area contributed by atoms with Crippen molar-refractivity contribution in [2.75, 3.05) is 45.9 Å². The average Bonchev–Trinajstić information content (AvgIpc) is 3.26. The number of nitrogens with zero attached hydrogens (tertiary/aromatic N) is 3. The molecule has 0 aromatic rings. The fraction of sp³-hybridized carbons (Fsp3) is 0.906. The molecule has 1 aliphatic heterocycles. The van der Waals surface area contributed by atoms with Gasteiger partial charge in [-0.25, -0.2) is 0 Å². The van der Waals surface area contributed by atoms with E-state index in [-0.39, 0.29) is 23.8 Å². The predicted octanol–water partition coefficient (Wildman–Crippen LogP) is 15.4. The van der Waals surface area contributed by atoms with E-state index in [2.05, 4.69) is 61.7 Å². The summed E-state index contributed by atoms with van der Waals surface area (Å²) >= 11 is 0. The number of aliphatic imine (C=N–C) groups is 1. The van der Waals surface area contributed by atoms with E-state index < -0.39 is 0 Å². The molecule has 0 aromatic carbocycles. The average molecular weight is 846 g/mol. The van der Waals surface area contributed by atoms with Crippen molar-refractivity contribution in [3.05, 3.63) is 12.3 Å². The number of amidine groups is 1. The number of carbonyl (C=O) groups excluding carboxylic acids is 2. The van der Waals surface area contributed by atoms with Gasteiger partial charge in [0.25, 0.3) is 0 Å². The Morgan fingerprint density at radius 2 is 0.900 bits per heavy atom. The maximum absolute atomic E-state index is 13.1. The molecule has 354 valence electrons. The van der Waals surface area contributed by atoms with E-state index in [1.165, 1.54) is 116 Å². The van der Waals surface area contributed by atoms with Gasteiger partial charge in [-0.1, -0.05) is 189 Å². The summed E-state index contributed by atoms with van der Waals surface area (Å²) in [5.41, 5.74) is 0. The minimum Gasteiger partial charge on any atom is -0.465 e. The van der Waals surface area contributed by atoms with Gasteiger partial charge in [-0.05, 0) is 90.4 Å². The molecule has 60 heavy (non-hydrogen) atoms. The molecule has 0 saturated heterocycles. The summed E-state index contributed by atoms with van der Waals surface area (Å²) in [5.74, 6) is 1.44. The Kier molecular flexibility index (Phi) is 43.7. The van der Waals surface area contributed by atoms with Crippen LogP contribution in [-0.4, -0.2) is 73.5 Å². The first-order valence-electron chi connectivity index (χ1n) is 26.5. The number of ether oxygens (including phenoxy) is 2. The second-order valence-electron chi connectivity index (χ2n) is 17.7. The summed E-state index contributed by atoms with van der Waals surface area (Å²) in [4.78, 5) is 35.5. The molecule has 0 amide bonds. The van der Waals surface area contributed by atoms with Crippen molar-refractivity contribution in [1.29, 1.82) is 0 Å². The molecule has 0 aromatic heterocycles. The highest BCUT2D eigenvalue weighted by molar-refractivity contribution is 5.81. The van der Waals surface area contributed by atoms with E-state index in [4.69, 9.17) is 9.47 Å². The van der Waals surface area contributed by atoms with Crippen LogP contribution in [-0.2, 0) is 19.1 Å². The number of hydrogen-bond donors (Lipinski definition) is 0. The van der Waals surface area contributed by atoms with Crippen LogP contribution >= 0.6 is 0 Å². The Morgan fingerprint density at radius 3 is 1.35 bits per heavy atom. The fourth-order valence-corrected chi connectivity index (χ4v) is 8.30. The topological polar surface area (TPSA) is 71.4 Å². The van der Waals surface area contributed by atoms with E-state index >= 15 is 0 Å². The second kappa shape index (κ2) is 45.1. The van der Waals surface area contributed by atoms with Crippen molar-refractivity contribution in [1.82, 2.24) is 9.80 Å². The first-order chi connectivity index (χ1) is 29.5. The van der Waals surface area contributed by atoms with E-state index in [1.54, 1.807) is 0 Å². The van der Waals surface area contributed by atoms with Crippen molar-refractivity contribution in [2.24, 2.45) is 16.8 Å². The first kappa shape index (κ1) is 58.1. The van der Waals surface area contributed by atoms with E-state index in [9.17, 15) is 9.59 Å². The maximum Gasteiger partial charge on any atom is 0.308 e. The predicted molar refractivity (Wildman–Crippen MR) is 261 cm³/mol. The zero-order valence-corrected chi connectivity index (χ0v) is 41.4. The minimum atomic E-state index is 0.0563. The smallest absolute Gasteiger partial charge is 0.308 e. The summed E-state index contributed by atoms with van der Waals surface area (Å²) in [6.07, 6.45) is 42.1. The molecular formula is C53H103N3O4. The van der Waals surface area contributed by atoms with Crippen LogP contribution < -0.4 is 0 Å². The Hall–Kier alpha value is -1.89. The molecule has 0 aliphatic carbocycles. The molecule has 1 aliphatic rings. The molecule has 1 rings (SSSR count). The lowest BCUT2D eigenvalue weighted by Crippen LogP contribution is -2.32. The van der Waals surface area contributed by atoms with Crippen molar-refractivity contribution < 1.29 is 19.1 Å². The largest absolute Gasteiger partial charge is 0.465 e. The lowest BCUT2D eigenvalue weighted by atomic mass is 9.94. The number of rotatable bonds is 43. The minimum absolute atomic E-state index is 0.0563. The molecule has 7 heteroatoms. The molecular weight excluding hydrogens is 743 g/mol. The van der Waals surface area contributed by atoms with Gasteiger partial charge in [0, 0.05) is 12.7 Å². The van der Waals surface area contributed by atoms with Crippen LogP contribution in [0.3, 0.4) is 0 Å². The second-order valence-corrected chi connectivity index (χ2v) is 17.7. The third-order valence-electron chi connectivity index (χ3n) is 12.3. The Bertz CT molecular complexity index is 1000. The van der Waals surface area contributed by atoms with Gasteiger partial charge in [-0.3, -0.25) is 14.6 Å². The normalized spacial score (nSPS) is 13.5. The van der Waals surface area contributed by atoms with Crippen molar-refractivity contribution in [3.8, 4) is 0 Å². The summed E-state index contributed by atoms with van der Waals surface area (Å²) < 4.78 is 11.7. The van der Waals surface area contributed by atoms with Crippen LogP contribution in [0, 0.1) is 11.8 Å². The molecule has 7 nitrogen and oxygen atoms in total. The Balaban J connectivity index is 0.0000171. The van der Waals surface area contributed by atoms with Gasteiger partial charge in [-0.2, -0.15) is 0 Å². The lowest BCUT2D eigenvalue weighted by molar-refractivity contribution is -0.150. The highest BCUT2D eigenvalue weighted by atomic mass is 16.5. The van der Waals surface area contributed by atoms with Crippen LogP contribution in [0.1, 0.15) is 254 Å². The molecule has 2 atom stereocenters. The lowest BCUT2D eigenvalue weighted by Gasteiger charge is -2.26. The van der Waals surface area contributed by atoms with E-state index in [0.29, 0.717) is 13.2 Å². The van der Waals surface area contributed by atoms with Crippen molar-refractivity contribution >= 4 is 17.8 Å². The number of unbranched alkanes of at least 4 members (excludes halogenated alkanes) is 21. The van der Waals surface area contributed by atoms with Crippen molar-refractivity contribution in [2.45, 2.75) is 254 Å². The quantitative estimate of drug-likeness (QED) is 0.0450. The highest BCUT2D eigenvalue weighted by Crippen LogP contribution is 2.22. The summed E-state index contributed by atoms with van der Waals surface area (Å²) in [6.45, 7) is 21.5. The number of hydrogen-bond acceptors (Lipinski definition) is 7. The standard InChI is InChI=1S/C51H97N3O4.C2H6/c1-6-10-14-17-20-27-37-48(35-13-9-4)50(55)57-45-31-24-19-22-29-40-53(42-34-44-54-43-33-39-52-47(54)5)41-30-23-25-32-46-58-51(56)49(36-26-16-12-8-3)38-28-21-18-15-11-7-2;1-2/h33,43,48-49H,6-32,34-42,44-46H2,1-5H3;1-2H3. The number of esters is 2. The summed E-state index contributed by atoms with van der Waals surface area (Å²) in [6, 6.07) is 0. The highest BCUT2D eigenvalue weighted by Gasteiger charge is 2.20. The number of carbonyl (C=O) groups is 2. The zero-order chi connectivity index (χ0) is 44.2. The monoisotopic (exact) mass is 846 g/mol. The third kappa shape index (κ3) is 34.7. The summed E-state index contributed by atoms with van der Waals surface area (Å²) in [5, 5.41) is 0. The molecule has 2 unspecified atom stereocenters. The van der Waals surface area contributed by atoms with Crippen LogP contribution in [0.4, 0.5) is 0 Å². The molecule has 1 heterocycles. The Labute approximate surface area is 374 Å².